The molecule has 0 spiro atoms. The molecule has 0 radical (unpaired) electrons. The molecule has 114 valence electrons. The first-order chi connectivity index (χ1) is 9.63. The highest BCUT2D eigenvalue weighted by atomic mass is 16.5. The fraction of sp³-hybridized carbons (Fsp3) is 0.812. The van der Waals surface area contributed by atoms with E-state index in [0.717, 1.165) is 38.2 Å². The van der Waals surface area contributed by atoms with Crippen molar-refractivity contribution in [2.24, 2.45) is 0 Å². The van der Waals surface area contributed by atoms with Crippen LogP contribution < -0.4 is 5.32 Å². The Balaban J connectivity index is 1.92. The van der Waals surface area contributed by atoms with Crippen LogP contribution in [0.25, 0.3) is 0 Å². The summed E-state index contributed by atoms with van der Waals surface area (Å²) < 4.78 is 7.85. The van der Waals surface area contributed by atoms with E-state index in [1.54, 1.807) is 0 Å². The lowest BCUT2D eigenvalue weighted by Gasteiger charge is -2.13. The molecule has 1 aromatic heterocycles. The van der Waals surface area contributed by atoms with Gasteiger partial charge in [-0.05, 0) is 53.0 Å². The first-order valence-corrected chi connectivity index (χ1v) is 8.02. The average molecular weight is 279 g/mol. The number of aryl methyl sites for hydroxylation is 2. The third-order valence-electron chi connectivity index (χ3n) is 4.30. The van der Waals surface area contributed by atoms with E-state index in [4.69, 9.17) is 9.84 Å². The maximum Gasteiger partial charge on any atom is 0.0644 e. The van der Waals surface area contributed by atoms with Crippen LogP contribution in [0.4, 0.5) is 0 Å². The van der Waals surface area contributed by atoms with Gasteiger partial charge in [-0.1, -0.05) is 6.92 Å². The van der Waals surface area contributed by atoms with Crippen LogP contribution in [-0.2, 0) is 11.3 Å². The Morgan fingerprint density at radius 1 is 1.45 bits per heavy atom. The molecule has 4 heteroatoms. The minimum Gasteiger partial charge on any atom is -0.378 e. The summed E-state index contributed by atoms with van der Waals surface area (Å²) in [4.78, 5) is 0. The van der Waals surface area contributed by atoms with Crippen molar-refractivity contribution in [3.63, 3.8) is 0 Å². The molecule has 2 atom stereocenters. The molecule has 2 rings (SSSR count). The van der Waals surface area contributed by atoms with Crippen LogP contribution in [0.3, 0.4) is 0 Å². The Kier molecular flexibility index (Phi) is 5.61. The number of aromatic nitrogens is 2. The predicted molar refractivity (Wildman–Crippen MR) is 82.0 cm³/mol. The second-order valence-electron chi connectivity index (χ2n) is 5.86. The fourth-order valence-corrected chi connectivity index (χ4v) is 3.30. The van der Waals surface area contributed by atoms with E-state index >= 15 is 0 Å². The first kappa shape index (κ1) is 15.5. The number of nitrogens with one attached hydrogen (secondary N) is 1. The molecular formula is C16H29N3O. The third kappa shape index (κ3) is 3.61. The van der Waals surface area contributed by atoms with Crippen LogP contribution in [0.5, 0.6) is 0 Å². The number of rotatable bonds is 7. The normalized spacial score (nSPS) is 20.5. The molecule has 1 aliphatic heterocycles. The van der Waals surface area contributed by atoms with Crippen molar-refractivity contribution in [1.29, 1.82) is 0 Å². The lowest BCUT2D eigenvalue weighted by molar-refractivity contribution is 0.101. The van der Waals surface area contributed by atoms with Gasteiger partial charge < -0.3 is 10.1 Å². The van der Waals surface area contributed by atoms with Gasteiger partial charge in [-0.2, -0.15) is 5.10 Å². The van der Waals surface area contributed by atoms with E-state index in [0.29, 0.717) is 12.1 Å². The molecule has 1 fully saturated rings. The molecule has 2 heterocycles. The molecule has 20 heavy (non-hydrogen) atoms. The summed E-state index contributed by atoms with van der Waals surface area (Å²) in [5, 5.41) is 8.20. The van der Waals surface area contributed by atoms with Crippen LogP contribution in [0.2, 0.25) is 0 Å². The largest absolute Gasteiger partial charge is 0.378 e. The zero-order valence-corrected chi connectivity index (χ0v) is 13.4. The molecule has 0 bridgehead atoms. The predicted octanol–water partition coefficient (Wildman–Crippen LogP) is 3.13. The maximum atomic E-state index is 5.68. The summed E-state index contributed by atoms with van der Waals surface area (Å²) in [6.07, 6.45) is 5.28. The van der Waals surface area contributed by atoms with Crippen molar-refractivity contribution in [3.8, 4) is 0 Å². The smallest absolute Gasteiger partial charge is 0.0644 e. The van der Waals surface area contributed by atoms with Crippen LogP contribution in [0, 0.1) is 13.8 Å². The fourth-order valence-electron chi connectivity index (χ4n) is 3.30. The zero-order chi connectivity index (χ0) is 14.5. The minimum absolute atomic E-state index is 0.381. The van der Waals surface area contributed by atoms with Crippen molar-refractivity contribution in [2.45, 2.75) is 72.1 Å². The monoisotopic (exact) mass is 279 g/mol. The summed E-state index contributed by atoms with van der Waals surface area (Å²) in [6.45, 7) is 11.6. The number of hydrogen-bond acceptors (Lipinski definition) is 3. The van der Waals surface area contributed by atoms with Gasteiger partial charge in [-0.15, -0.1) is 0 Å². The van der Waals surface area contributed by atoms with E-state index in [-0.39, 0.29) is 0 Å². The van der Waals surface area contributed by atoms with Crippen molar-refractivity contribution in [2.75, 3.05) is 13.2 Å². The Hall–Kier alpha value is -0.870. The molecule has 0 aliphatic carbocycles. The highest BCUT2D eigenvalue weighted by Gasteiger charge is 2.18. The van der Waals surface area contributed by atoms with Crippen molar-refractivity contribution >= 4 is 0 Å². The molecule has 0 saturated carbocycles. The molecule has 0 amide bonds. The van der Waals surface area contributed by atoms with Crippen LogP contribution >= 0.6 is 0 Å². The molecule has 1 aromatic rings. The first-order valence-electron chi connectivity index (χ1n) is 8.02. The summed E-state index contributed by atoms with van der Waals surface area (Å²) in [7, 11) is 0. The summed E-state index contributed by atoms with van der Waals surface area (Å²) in [6, 6.07) is 0.381. The van der Waals surface area contributed by atoms with Gasteiger partial charge >= 0.3 is 0 Å². The Morgan fingerprint density at radius 2 is 2.25 bits per heavy atom. The number of hydrogen-bond donors (Lipinski definition) is 1. The van der Waals surface area contributed by atoms with Gasteiger partial charge in [-0.25, -0.2) is 0 Å². The Morgan fingerprint density at radius 3 is 2.90 bits per heavy atom. The Bertz CT molecular complexity index is 422. The average Bonchev–Trinajstić information content (AvgIpc) is 2.99. The standard InChI is InChI=1S/C16H29N3O/c1-5-17-12(2)16-13(3)18-19(14(16)4)10-6-8-15-9-7-11-20-15/h12,15,17H,5-11H2,1-4H3. The SMILES string of the molecule is CCNC(C)c1c(C)nn(CCCC2CCCO2)c1C. The topological polar surface area (TPSA) is 39.1 Å². The van der Waals surface area contributed by atoms with Crippen molar-refractivity contribution < 1.29 is 4.74 Å². The van der Waals surface area contributed by atoms with Gasteiger partial charge in [0.25, 0.3) is 0 Å². The van der Waals surface area contributed by atoms with Gasteiger partial charge in [0, 0.05) is 30.5 Å². The molecule has 4 nitrogen and oxygen atoms in total. The summed E-state index contributed by atoms with van der Waals surface area (Å²) in [5.41, 5.74) is 3.83. The van der Waals surface area contributed by atoms with E-state index < -0.39 is 0 Å². The maximum absolute atomic E-state index is 5.68. The van der Waals surface area contributed by atoms with Gasteiger partial charge in [0.05, 0.1) is 11.8 Å². The quantitative estimate of drug-likeness (QED) is 0.833. The van der Waals surface area contributed by atoms with Crippen LogP contribution in [0.1, 0.15) is 62.5 Å². The van der Waals surface area contributed by atoms with Gasteiger partial charge in [0.2, 0.25) is 0 Å². The van der Waals surface area contributed by atoms with E-state index in [9.17, 15) is 0 Å². The molecular weight excluding hydrogens is 250 g/mol. The Labute approximate surface area is 122 Å². The molecule has 1 aliphatic rings. The molecule has 2 unspecified atom stereocenters. The summed E-state index contributed by atoms with van der Waals surface area (Å²) >= 11 is 0. The summed E-state index contributed by atoms with van der Waals surface area (Å²) in [5.74, 6) is 0. The van der Waals surface area contributed by atoms with Crippen LogP contribution in [0.15, 0.2) is 0 Å². The highest BCUT2D eigenvalue weighted by Crippen LogP contribution is 2.22. The van der Waals surface area contributed by atoms with Crippen molar-refractivity contribution in [3.05, 3.63) is 17.0 Å². The zero-order valence-electron chi connectivity index (χ0n) is 13.4. The third-order valence-corrected chi connectivity index (χ3v) is 4.30. The van der Waals surface area contributed by atoms with Crippen LogP contribution in [-0.4, -0.2) is 29.0 Å². The van der Waals surface area contributed by atoms with E-state index in [1.165, 1.54) is 24.1 Å². The highest BCUT2D eigenvalue weighted by molar-refractivity contribution is 5.27. The van der Waals surface area contributed by atoms with E-state index in [1.807, 2.05) is 0 Å². The van der Waals surface area contributed by atoms with Gasteiger partial charge in [0.15, 0.2) is 0 Å². The van der Waals surface area contributed by atoms with Gasteiger partial charge in [0.1, 0.15) is 0 Å². The molecule has 0 aromatic carbocycles. The molecule has 1 saturated heterocycles. The second kappa shape index (κ2) is 7.23. The second-order valence-corrected chi connectivity index (χ2v) is 5.86. The van der Waals surface area contributed by atoms with E-state index in [2.05, 4.69) is 37.7 Å². The lowest BCUT2D eigenvalue weighted by atomic mass is 10.1. The lowest BCUT2D eigenvalue weighted by Crippen LogP contribution is -2.19. The number of ether oxygens (including phenoxy) is 1. The van der Waals surface area contributed by atoms with Gasteiger partial charge in [-0.3, -0.25) is 4.68 Å². The minimum atomic E-state index is 0.381. The van der Waals surface area contributed by atoms with Crippen molar-refractivity contribution in [1.82, 2.24) is 15.1 Å². The molecule has 1 N–H and O–H groups in total. The number of nitrogens with zero attached hydrogens (tertiary/aromatic N) is 2.